The van der Waals surface area contributed by atoms with Gasteiger partial charge in [0.2, 0.25) is 29.6 Å². The Morgan fingerprint density at radius 1 is 0.985 bits per heavy atom. The van der Waals surface area contributed by atoms with Gasteiger partial charge in [0.15, 0.2) is 5.82 Å². The van der Waals surface area contributed by atoms with E-state index in [1.165, 1.54) is 9.80 Å². The van der Waals surface area contributed by atoms with Crippen LogP contribution in [0.4, 0.5) is 33.6 Å². The molecule has 21 nitrogen and oxygen atoms in total. The fourth-order valence-electron chi connectivity index (χ4n) is 9.87. The van der Waals surface area contributed by atoms with Crippen LogP contribution in [0.5, 0.6) is 5.75 Å². The molecule has 0 bridgehead atoms. The Labute approximate surface area is 394 Å². The first-order valence-corrected chi connectivity index (χ1v) is 23.4. The Balaban J connectivity index is 0.762. The van der Waals surface area contributed by atoms with Gasteiger partial charge in [0.1, 0.15) is 30.1 Å². The number of nitrogens with two attached hydrogens (primary N) is 1. The summed E-state index contributed by atoms with van der Waals surface area (Å²) in [5, 5.41) is 11.5. The summed E-state index contributed by atoms with van der Waals surface area (Å²) in [4.78, 5) is 108. The van der Waals surface area contributed by atoms with Gasteiger partial charge in [-0.1, -0.05) is 25.8 Å². The van der Waals surface area contributed by atoms with Gasteiger partial charge in [-0.15, -0.1) is 0 Å². The number of hydrogen-bond acceptors (Lipinski definition) is 14. The molecule has 1 aliphatic carbocycles. The molecule has 8 rings (SSSR count). The smallest absolute Gasteiger partial charge is 0.315 e. The summed E-state index contributed by atoms with van der Waals surface area (Å²) in [5.41, 5.74) is 8.61. The van der Waals surface area contributed by atoms with Gasteiger partial charge in [-0.3, -0.25) is 34.1 Å². The van der Waals surface area contributed by atoms with Crippen LogP contribution in [0, 0.1) is 0 Å². The standard InChI is InChI=1S/C47H60N12O9/c1-4-35-45(65)55(2)37-25-49-47(54-41(37)59(35)30-8-5-6-9-30)52-34-13-12-28(24-38(34)67-3)42(62)50-29-16-18-56(19-17-29)20-22-68-23-21-57(46(48)66)27-40(61)51-33-11-7-10-31-32(33)26-58(44(31)64)36-14-15-39(60)53-43(36)63/h7,10-13,24-25,29-30,35-36H,4-6,8-9,14-23,26-27H2,1-3H3,(H2,48,66)(H,50,62)(H,51,61)(H,49,52,54)(H,53,60,63)/t35-,36?/m1/s1. The molecule has 2 saturated heterocycles. The Kier molecular flexibility index (Phi) is 14.7. The number of hydrogen-bond donors (Lipinski definition) is 5. The second-order valence-electron chi connectivity index (χ2n) is 17.9. The summed E-state index contributed by atoms with van der Waals surface area (Å²) >= 11 is 0. The van der Waals surface area contributed by atoms with Crippen LogP contribution in [0.2, 0.25) is 0 Å². The summed E-state index contributed by atoms with van der Waals surface area (Å²) in [6, 6.07) is 8.44. The van der Waals surface area contributed by atoms with Crippen LogP contribution in [-0.4, -0.2) is 150 Å². The number of rotatable bonds is 17. The highest BCUT2D eigenvalue weighted by Crippen LogP contribution is 2.40. The summed E-state index contributed by atoms with van der Waals surface area (Å²) in [5.74, 6) is -0.397. The summed E-state index contributed by atoms with van der Waals surface area (Å²) in [7, 11) is 3.31. The minimum absolute atomic E-state index is 0.0240. The topological polar surface area (TPSA) is 254 Å². The highest BCUT2D eigenvalue weighted by atomic mass is 16.5. The first-order valence-electron chi connectivity index (χ1n) is 23.4. The largest absolute Gasteiger partial charge is 0.495 e. The highest BCUT2D eigenvalue weighted by molar-refractivity contribution is 6.07. The van der Waals surface area contributed by atoms with E-state index in [0.29, 0.717) is 65.0 Å². The fraction of sp³-hybridized carbons (Fsp3) is 0.511. The molecular weight excluding hydrogens is 877 g/mol. The number of ether oxygens (including phenoxy) is 2. The van der Waals surface area contributed by atoms with Crippen molar-refractivity contribution >= 4 is 70.3 Å². The first-order chi connectivity index (χ1) is 32.8. The quantitative estimate of drug-likeness (QED) is 0.0965. The number of aromatic nitrogens is 2. The van der Waals surface area contributed by atoms with Crippen molar-refractivity contribution in [2.45, 2.75) is 95.4 Å². The molecule has 4 aliphatic heterocycles. The van der Waals surface area contributed by atoms with Gasteiger partial charge in [0, 0.05) is 80.7 Å². The molecule has 0 radical (unpaired) electrons. The SMILES string of the molecule is CC[C@@H]1C(=O)N(C)c2cnc(Nc3ccc(C(=O)NC4CCN(CCOCCN(CC(=O)Nc5cccc6c5CN(C5CCC(=O)NC5=O)C6=O)C(N)=O)CC4)cc3OC)nc2N1C1CCCC1. The average Bonchev–Trinajstić information content (AvgIpc) is 3.98. The van der Waals surface area contributed by atoms with E-state index in [1.807, 2.05) is 6.92 Å². The van der Waals surface area contributed by atoms with Gasteiger partial charge in [-0.2, -0.15) is 4.98 Å². The van der Waals surface area contributed by atoms with E-state index in [0.717, 1.165) is 57.4 Å². The van der Waals surface area contributed by atoms with E-state index in [1.54, 1.807) is 61.7 Å². The Morgan fingerprint density at radius 2 is 1.76 bits per heavy atom. The maximum atomic E-state index is 13.4. The molecule has 2 atom stereocenters. The predicted molar refractivity (Wildman–Crippen MR) is 251 cm³/mol. The number of fused-ring (bicyclic) bond motifs is 2. The number of nitrogens with zero attached hydrogens (tertiary/aromatic N) is 7. The van der Waals surface area contributed by atoms with Crippen LogP contribution < -0.4 is 41.5 Å². The Hall–Kier alpha value is -6.87. The summed E-state index contributed by atoms with van der Waals surface area (Å²) < 4.78 is 11.5. The molecule has 3 aromatic rings. The predicted octanol–water partition coefficient (Wildman–Crippen LogP) is 2.72. The van der Waals surface area contributed by atoms with Gasteiger partial charge in [-0.25, -0.2) is 9.78 Å². The highest BCUT2D eigenvalue weighted by Gasteiger charge is 2.42. The number of anilines is 5. The second kappa shape index (κ2) is 21.0. The molecule has 21 heteroatoms. The number of nitrogens with one attached hydrogen (secondary N) is 4. The van der Waals surface area contributed by atoms with Gasteiger partial charge < -0.3 is 55.7 Å². The first kappa shape index (κ1) is 47.6. The summed E-state index contributed by atoms with van der Waals surface area (Å²) in [6.45, 7) is 4.51. The molecule has 1 unspecified atom stereocenters. The number of carbonyl (C=O) groups excluding carboxylic acids is 7. The molecule has 5 aliphatic rings. The molecule has 6 N–H and O–H groups in total. The minimum atomic E-state index is -0.794. The molecule has 68 heavy (non-hydrogen) atoms. The molecule has 2 aromatic carbocycles. The van der Waals surface area contributed by atoms with E-state index in [9.17, 15) is 33.6 Å². The zero-order chi connectivity index (χ0) is 48.1. The molecule has 3 fully saturated rings. The van der Waals surface area contributed by atoms with Crippen molar-refractivity contribution in [3.63, 3.8) is 0 Å². The van der Waals surface area contributed by atoms with Crippen LogP contribution in [0.3, 0.4) is 0 Å². The number of imide groups is 1. The third-order valence-electron chi connectivity index (χ3n) is 13.6. The molecule has 8 amide bonds. The number of likely N-dealkylation sites (N-methyl/N-ethyl adjacent to an activating group) is 1. The van der Waals surface area contributed by atoms with Crippen molar-refractivity contribution in [1.29, 1.82) is 0 Å². The monoisotopic (exact) mass is 936 g/mol. The lowest BCUT2D eigenvalue weighted by molar-refractivity contribution is -0.137. The lowest BCUT2D eigenvalue weighted by Crippen LogP contribution is -2.55. The number of piperidine rings is 2. The van der Waals surface area contributed by atoms with E-state index in [-0.39, 0.29) is 80.8 Å². The molecule has 0 spiro atoms. The van der Waals surface area contributed by atoms with Crippen molar-refractivity contribution in [3.05, 3.63) is 59.3 Å². The van der Waals surface area contributed by atoms with Gasteiger partial charge in [-0.05, 0) is 68.9 Å². The zero-order valence-corrected chi connectivity index (χ0v) is 38.8. The third-order valence-corrected chi connectivity index (χ3v) is 13.6. The van der Waals surface area contributed by atoms with Gasteiger partial charge in [0.05, 0.1) is 32.2 Å². The van der Waals surface area contributed by atoms with Crippen LogP contribution in [0.25, 0.3) is 0 Å². The number of methoxy groups -OCH3 is 1. The Bertz CT molecular complexity index is 2440. The number of primary amides is 1. The number of carbonyl (C=O) groups is 7. The van der Waals surface area contributed by atoms with E-state index in [4.69, 9.17) is 20.2 Å². The lowest BCUT2D eigenvalue weighted by atomic mass is 10.0. The maximum absolute atomic E-state index is 13.4. The minimum Gasteiger partial charge on any atom is -0.495 e. The van der Waals surface area contributed by atoms with Gasteiger partial charge >= 0.3 is 6.03 Å². The molecule has 1 aromatic heterocycles. The summed E-state index contributed by atoms with van der Waals surface area (Å²) in [6.07, 6.45) is 8.47. The van der Waals surface area contributed by atoms with E-state index in [2.05, 4.69) is 36.1 Å². The number of urea groups is 1. The van der Waals surface area contributed by atoms with E-state index < -0.39 is 23.9 Å². The van der Waals surface area contributed by atoms with E-state index >= 15 is 0 Å². The van der Waals surface area contributed by atoms with Crippen molar-refractivity contribution in [1.82, 2.24) is 35.3 Å². The number of amides is 8. The van der Waals surface area contributed by atoms with Crippen LogP contribution in [0.15, 0.2) is 42.6 Å². The Morgan fingerprint density at radius 3 is 2.49 bits per heavy atom. The average molecular weight is 937 g/mol. The van der Waals surface area contributed by atoms with Crippen molar-refractivity contribution in [3.8, 4) is 5.75 Å². The molecule has 5 heterocycles. The van der Waals surface area contributed by atoms with Crippen LogP contribution in [-0.2, 0) is 30.5 Å². The van der Waals surface area contributed by atoms with Crippen LogP contribution in [0.1, 0.15) is 91.0 Å². The second-order valence-corrected chi connectivity index (χ2v) is 17.9. The maximum Gasteiger partial charge on any atom is 0.315 e. The fourth-order valence-corrected chi connectivity index (χ4v) is 9.87. The molecule has 362 valence electrons. The van der Waals surface area contributed by atoms with Crippen molar-refractivity contribution in [2.75, 3.05) is 80.5 Å². The van der Waals surface area contributed by atoms with Crippen LogP contribution >= 0.6 is 0 Å². The third kappa shape index (κ3) is 10.3. The molecular formula is C47H60N12O9. The number of likely N-dealkylation sites (tertiary alicyclic amines) is 1. The van der Waals surface area contributed by atoms with Crippen molar-refractivity contribution < 1.29 is 43.0 Å². The van der Waals surface area contributed by atoms with Gasteiger partial charge in [0.25, 0.3) is 11.8 Å². The number of benzene rings is 2. The lowest BCUT2D eigenvalue weighted by Gasteiger charge is -2.43. The normalized spacial score (nSPS) is 20.0. The molecule has 1 saturated carbocycles. The van der Waals surface area contributed by atoms with Crippen molar-refractivity contribution in [2.24, 2.45) is 5.73 Å². The zero-order valence-electron chi connectivity index (χ0n) is 38.8.